The molecule has 1 aromatic carbocycles. The number of amides is 2. The number of carbonyl (C=O) groups is 2. The van der Waals surface area contributed by atoms with Crippen molar-refractivity contribution >= 4 is 11.8 Å². The zero-order chi connectivity index (χ0) is 13.4. The summed E-state index contributed by atoms with van der Waals surface area (Å²) < 4.78 is 0. The van der Waals surface area contributed by atoms with E-state index in [2.05, 4.69) is 5.32 Å². The van der Waals surface area contributed by atoms with Gasteiger partial charge in [0.2, 0.25) is 11.8 Å². The molecule has 4 heteroatoms. The zero-order valence-electron chi connectivity index (χ0n) is 11.1. The smallest absolute Gasteiger partial charge is 0.227 e. The number of hydrogen-bond acceptors (Lipinski definition) is 2. The number of nitrogens with zero attached hydrogens (tertiary/aromatic N) is 1. The van der Waals surface area contributed by atoms with Crippen LogP contribution in [0.15, 0.2) is 24.3 Å². The third kappa shape index (κ3) is 2.35. The number of carbonyl (C=O) groups excluding carboxylic acids is 2. The van der Waals surface area contributed by atoms with Crippen molar-refractivity contribution in [1.82, 2.24) is 10.2 Å². The molecule has 1 aromatic rings. The molecule has 2 fully saturated rings. The molecule has 2 unspecified atom stereocenters. The van der Waals surface area contributed by atoms with Crippen LogP contribution < -0.4 is 5.32 Å². The monoisotopic (exact) mass is 258 g/mol. The summed E-state index contributed by atoms with van der Waals surface area (Å²) in [4.78, 5) is 25.6. The Morgan fingerprint density at radius 3 is 2.84 bits per heavy atom. The first-order valence-electron chi connectivity index (χ1n) is 6.78. The van der Waals surface area contributed by atoms with Crippen LogP contribution in [0.5, 0.6) is 0 Å². The second-order valence-corrected chi connectivity index (χ2v) is 5.48. The standard InChI is InChI=1S/C15H18N2O2/c1-10-2-4-11(5-3-10)8-15(19)17-7-6-12-13(17)9-14(18)16-12/h2-5,12-13H,6-9H2,1H3,(H,16,18). The van der Waals surface area contributed by atoms with Gasteiger partial charge in [-0.2, -0.15) is 0 Å². The maximum atomic E-state index is 12.3. The summed E-state index contributed by atoms with van der Waals surface area (Å²) in [5.41, 5.74) is 2.24. The minimum atomic E-state index is 0.0721. The lowest BCUT2D eigenvalue weighted by molar-refractivity contribution is -0.131. The molecular formula is C15H18N2O2. The molecule has 4 nitrogen and oxygen atoms in total. The maximum absolute atomic E-state index is 12.3. The van der Waals surface area contributed by atoms with Crippen LogP contribution in [-0.4, -0.2) is 35.3 Å². The van der Waals surface area contributed by atoms with Gasteiger partial charge in [0, 0.05) is 13.0 Å². The molecule has 2 amide bonds. The van der Waals surface area contributed by atoms with E-state index in [1.165, 1.54) is 5.56 Å². The third-order valence-corrected chi connectivity index (χ3v) is 4.08. The third-order valence-electron chi connectivity index (χ3n) is 4.08. The summed E-state index contributed by atoms with van der Waals surface area (Å²) >= 11 is 0. The van der Waals surface area contributed by atoms with Gasteiger partial charge in [-0.25, -0.2) is 0 Å². The van der Waals surface area contributed by atoms with Gasteiger partial charge in [-0.15, -0.1) is 0 Å². The number of hydrogen-bond donors (Lipinski definition) is 1. The fourth-order valence-corrected chi connectivity index (χ4v) is 3.02. The molecule has 100 valence electrons. The Balaban J connectivity index is 1.67. The first kappa shape index (κ1) is 12.2. The van der Waals surface area contributed by atoms with Crippen molar-refractivity contribution in [1.29, 1.82) is 0 Å². The zero-order valence-corrected chi connectivity index (χ0v) is 11.1. The first-order chi connectivity index (χ1) is 9.13. The second kappa shape index (κ2) is 4.68. The van der Waals surface area contributed by atoms with Crippen LogP contribution in [0.2, 0.25) is 0 Å². The predicted molar refractivity (Wildman–Crippen MR) is 71.5 cm³/mol. The molecule has 2 aliphatic heterocycles. The predicted octanol–water partition coefficient (Wildman–Crippen LogP) is 1.03. The van der Waals surface area contributed by atoms with E-state index in [4.69, 9.17) is 0 Å². The number of rotatable bonds is 2. The summed E-state index contributed by atoms with van der Waals surface area (Å²) in [6, 6.07) is 8.30. The van der Waals surface area contributed by atoms with Gasteiger partial charge < -0.3 is 10.2 Å². The summed E-state index contributed by atoms with van der Waals surface area (Å²) in [6.45, 7) is 2.80. The van der Waals surface area contributed by atoms with Crippen LogP contribution in [0.3, 0.4) is 0 Å². The van der Waals surface area contributed by atoms with Gasteiger partial charge in [0.1, 0.15) is 0 Å². The van der Waals surface area contributed by atoms with E-state index in [0.717, 1.165) is 18.5 Å². The molecule has 0 aromatic heterocycles. The van der Waals surface area contributed by atoms with E-state index in [9.17, 15) is 9.59 Å². The topological polar surface area (TPSA) is 49.4 Å². The van der Waals surface area contributed by atoms with Crippen LogP contribution >= 0.6 is 0 Å². The molecule has 0 spiro atoms. The minimum absolute atomic E-state index is 0.0721. The molecule has 0 aliphatic carbocycles. The summed E-state index contributed by atoms with van der Waals surface area (Å²) in [7, 11) is 0. The Kier molecular flexibility index (Phi) is 3.01. The van der Waals surface area contributed by atoms with Crippen molar-refractivity contribution in [3.8, 4) is 0 Å². The van der Waals surface area contributed by atoms with E-state index in [1.54, 1.807) is 0 Å². The van der Waals surface area contributed by atoms with E-state index in [-0.39, 0.29) is 23.9 Å². The van der Waals surface area contributed by atoms with Crippen LogP contribution in [0.4, 0.5) is 0 Å². The highest BCUT2D eigenvalue weighted by atomic mass is 16.2. The highest BCUT2D eigenvalue weighted by Gasteiger charge is 2.43. The van der Waals surface area contributed by atoms with Gasteiger partial charge >= 0.3 is 0 Å². The molecule has 0 saturated carbocycles. The van der Waals surface area contributed by atoms with Crippen LogP contribution in [0.25, 0.3) is 0 Å². The normalized spacial score (nSPS) is 25.3. The number of nitrogens with one attached hydrogen (secondary N) is 1. The SMILES string of the molecule is Cc1ccc(CC(=O)N2CCC3NC(=O)CC32)cc1. The van der Waals surface area contributed by atoms with Gasteiger partial charge in [0.25, 0.3) is 0 Å². The highest BCUT2D eigenvalue weighted by Crippen LogP contribution is 2.26. The summed E-state index contributed by atoms with van der Waals surface area (Å²) in [5, 5.41) is 2.94. The van der Waals surface area contributed by atoms with E-state index in [0.29, 0.717) is 12.8 Å². The molecule has 0 radical (unpaired) electrons. The summed E-state index contributed by atoms with van der Waals surface area (Å²) in [6.07, 6.45) is 1.78. The lowest BCUT2D eigenvalue weighted by Crippen LogP contribution is -2.39. The lowest BCUT2D eigenvalue weighted by Gasteiger charge is -2.22. The molecule has 2 aliphatic rings. The van der Waals surface area contributed by atoms with Crippen molar-refractivity contribution in [2.75, 3.05) is 6.54 Å². The van der Waals surface area contributed by atoms with Crippen molar-refractivity contribution in [3.63, 3.8) is 0 Å². The number of fused-ring (bicyclic) bond motifs is 1. The fraction of sp³-hybridized carbons (Fsp3) is 0.467. The average molecular weight is 258 g/mol. The van der Waals surface area contributed by atoms with Gasteiger partial charge in [-0.05, 0) is 18.9 Å². The van der Waals surface area contributed by atoms with Crippen molar-refractivity contribution in [3.05, 3.63) is 35.4 Å². The highest BCUT2D eigenvalue weighted by molar-refractivity contribution is 5.84. The summed E-state index contributed by atoms with van der Waals surface area (Å²) in [5.74, 6) is 0.204. The van der Waals surface area contributed by atoms with Crippen molar-refractivity contribution in [2.45, 2.75) is 38.3 Å². The molecular weight excluding hydrogens is 240 g/mol. The van der Waals surface area contributed by atoms with Crippen LogP contribution in [-0.2, 0) is 16.0 Å². The molecule has 2 heterocycles. The van der Waals surface area contributed by atoms with E-state index < -0.39 is 0 Å². The quantitative estimate of drug-likeness (QED) is 0.861. The van der Waals surface area contributed by atoms with E-state index in [1.807, 2.05) is 36.1 Å². The molecule has 2 atom stereocenters. The largest absolute Gasteiger partial charge is 0.351 e. The van der Waals surface area contributed by atoms with Crippen LogP contribution in [0.1, 0.15) is 24.0 Å². The Bertz CT molecular complexity index is 509. The van der Waals surface area contributed by atoms with Gasteiger partial charge in [-0.3, -0.25) is 9.59 Å². The van der Waals surface area contributed by atoms with Crippen molar-refractivity contribution in [2.24, 2.45) is 0 Å². The maximum Gasteiger partial charge on any atom is 0.227 e. The Morgan fingerprint density at radius 2 is 2.11 bits per heavy atom. The van der Waals surface area contributed by atoms with Gasteiger partial charge in [-0.1, -0.05) is 29.8 Å². The number of aryl methyl sites for hydroxylation is 1. The number of benzene rings is 1. The second-order valence-electron chi connectivity index (χ2n) is 5.48. The molecule has 2 saturated heterocycles. The van der Waals surface area contributed by atoms with Gasteiger partial charge in [0.05, 0.1) is 18.5 Å². The Labute approximate surface area is 112 Å². The number of likely N-dealkylation sites (tertiary alicyclic amines) is 1. The average Bonchev–Trinajstić information content (AvgIpc) is 2.90. The van der Waals surface area contributed by atoms with Crippen molar-refractivity contribution < 1.29 is 9.59 Å². The first-order valence-corrected chi connectivity index (χ1v) is 6.78. The molecule has 1 N–H and O–H groups in total. The van der Waals surface area contributed by atoms with E-state index >= 15 is 0 Å². The van der Waals surface area contributed by atoms with Crippen LogP contribution in [0, 0.1) is 6.92 Å². The fourth-order valence-electron chi connectivity index (χ4n) is 3.02. The molecule has 19 heavy (non-hydrogen) atoms. The Hall–Kier alpha value is -1.84. The molecule has 3 rings (SSSR count). The molecule has 0 bridgehead atoms. The minimum Gasteiger partial charge on any atom is -0.351 e. The lowest BCUT2D eigenvalue weighted by atomic mass is 10.1. The Morgan fingerprint density at radius 1 is 1.37 bits per heavy atom. The van der Waals surface area contributed by atoms with Gasteiger partial charge in [0.15, 0.2) is 0 Å².